The Morgan fingerprint density at radius 3 is 2.08 bits per heavy atom. The number of likely N-dealkylation sites (N-methyl/N-ethyl adjacent to an activating group) is 1. The first-order valence-electron chi connectivity index (χ1n) is 13.8. The number of hydrogen-bond donors (Lipinski definition) is 0. The van der Waals surface area contributed by atoms with Crippen LogP contribution in [-0.4, -0.2) is 61.9 Å². The zero-order chi connectivity index (χ0) is 26.2. The monoisotopic (exact) mass is 494 g/mol. The van der Waals surface area contributed by atoms with Crippen LogP contribution in [0.1, 0.15) is 75.7 Å². The number of Topliss-reactive ketones (excluding diaryl/α,β-unsaturated/α-hetero) is 1. The van der Waals surface area contributed by atoms with Crippen LogP contribution in [0.4, 0.5) is 5.69 Å². The minimum Gasteiger partial charge on any atom is -0.378 e. The summed E-state index contributed by atoms with van der Waals surface area (Å²) in [6.45, 7) is 13.6. The lowest BCUT2D eigenvalue weighted by atomic mass is 9.78. The molecule has 1 atom stereocenters. The van der Waals surface area contributed by atoms with E-state index in [1.807, 2.05) is 18.2 Å². The fraction of sp³-hybridized carbons (Fsp3) is 0.548. The third-order valence-corrected chi connectivity index (χ3v) is 6.98. The van der Waals surface area contributed by atoms with E-state index in [0.717, 1.165) is 89.8 Å². The largest absolute Gasteiger partial charge is 0.378 e. The zero-order valence-electron chi connectivity index (χ0n) is 22.9. The summed E-state index contributed by atoms with van der Waals surface area (Å²) in [5, 5.41) is 0. The Bertz CT molecular complexity index is 874. The Balaban J connectivity index is 0.000000678. The van der Waals surface area contributed by atoms with Crippen LogP contribution in [0.15, 0.2) is 54.6 Å². The number of nitrogens with zero attached hydrogens (tertiary/aromatic N) is 2. The molecule has 198 valence electrons. The smallest absolute Gasteiger partial charge is 0.183 e. The van der Waals surface area contributed by atoms with Crippen molar-refractivity contribution in [1.29, 1.82) is 0 Å². The second-order valence-corrected chi connectivity index (χ2v) is 9.40. The molecule has 0 radical (unpaired) electrons. The van der Waals surface area contributed by atoms with E-state index in [4.69, 9.17) is 4.74 Å². The molecule has 0 aliphatic carbocycles. The lowest BCUT2D eigenvalue weighted by Crippen LogP contribution is -2.56. The minimum absolute atomic E-state index is 0.241. The Morgan fingerprint density at radius 2 is 1.58 bits per heavy atom. The van der Waals surface area contributed by atoms with E-state index in [9.17, 15) is 9.59 Å². The highest BCUT2D eigenvalue weighted by Crippen LogP contribution is 2.31. The molecule has 3 rings (SSSR count). The van der Waals surface area contributed by atoms with Gasteiger partial charge in [0.05, 0.1) is 18.8 Å². The van der Waals surface area contributed by atoms with Gasteiger partial charge < -0.3 is 14.4 Å². The standard InChI is InChI=1S/C26H36N2O2.C5H10O/c1-4-16-26(28(5-2)6-3,21-22-10-8-7-9-11-22)25(29)23-12-14-24(15-13-23)27-17-19-30-20-18-27;1-2-3-4-5-6/h7-15H,4-6,16-21H2,1-3H3;5H,2-4H2,1H3. The number of hydrogen-bond acceptors (Lipinski definition) is 5. The summed E-state index contributed by atoms with van der Waals surface area (Å²) in [5.74, 6) is 0.241. The highest BCUT2D eigenvalue weighted by Gasteiger charge is 2.42. The molecule has 0 amide bonds. The number of unbranched alkanes of at least 4 members (excludes halogenated alkanes) is 2. The van der Waals surface area contributed by atoms with E-state index < -0.39 is 5.54 Å². The summed E-state index contributed by atoms with van der Waals surface area (Å²) in [5.41, 5.74) is 2.68. The molecule has 36 heavy (non-hydrogen) atoms. The first kappa shape index (κ1) is 29.7. The van der Waals surface area contributed by atoms with Crippen LogP contribution in [0.3, 0.4) is 0 Å². The molecule has 0 aromatic heterocycles. The van der Waals surface area contributed by atoms with Gasteiger partial charge in [-0.2, -0.15) is 0 Å². The summed E-state index contributed by atoms with van der Waals surface area (Å²) in [7, 11) is 0. The third-order valence-electron chi connectivity index (χ3n) is 6.98. The zero-order valence-corrected chi connectivity index (χ0v) is 22.9. The van der Waals surface area contributed by atoms with E-state index in [0.29, 0.717) is 0 Å². The van der Waals surface area contributed by atoms with Crippen LogP contribution in [0.5, 0.6) is 0 Å². The van der Waals surface area contributed by atoms with Crippen molar-refractivity contribution >= 4 is 17.8 Å². The average molecular weight is 495 g/mol. The van der Waals surface area contributed by atoms with E-state index in [1.165, 1.54) is 11.3 Å². The summed E-state index contributed by atoms with van der Waals surface area (Å²) >= 11 is 0. The molecule has 0 bridgehead atoms. The highest BCUT2D eigenvalue weighted by atomic mass is 16.5. The van der Waals surface area contributed by atoms with Crippen LogP contribution in [-0.2, 0) is 16.0 Å². The van der Waals surface area contributed by atoms with Crippen molar-refractivity contribution in [2.45, 2.75) is 71.8 Å². The van der Waals surface area contributed by atoms with Gasteiger partial charge in [-0.1, -0.05) is 70.9 Å². The van der Waals surface area contributed by atoms with Crippen molar-refractivity contribution < 1.29 is 14.3 Å². The molecule has 2 aromatic carbocycles. The fourth-order valence-corrected chi connectivity index (χ4v) is 5.07. The normalized spacial score (nSPS) is 15.1. The van der Waals surface area contributed by atoms with E-state index in [2.05, 4.69) is 73.9 Å². The number of carbonyl (C=O) groups excluding carboxylic acids is 2. The minimum atomic E-state index is -0.514. The van der Waals surface area contributed by atoms with Crippen molar-refractivity contribution in [1.82, 2.24) is 4.90 Å². The summed E-state index contributed by atoms with van der Waals surface area (Å²) in [4.78, 5) is 28.3. The van der Waals surface area contributed by atoms with E-state index in [1.54, 1.807) is 0 Å². The van der Waals surface area contributed by atoms with Gasteiger partial charge in [0.15, 0.2) is 5.78 Å². The molecule has 1 fully saturated rings. The van der Waals surface area contributed by atoms with Crippen molar-refractivity contribution in [3.05, 3.63) is 65.7 Å². The van der Waals surface area contributed by atoms with E-state index in [-0.39, 0.29) is 5.78 Å². The van der Waals surface area contributed by atoms with Crippen LogP contribution in [0, 0.1) is 0 Å². The molecule has 1 aliphatic rings. The number of ether oxygens (including phenoxy) is 1. The van der Waals surface area contributed by atoms with Crippen LogP contribution in [0.25, 0.3) is 0 Å². The molecule has 1 saturated heterocycles. The molecule has 0 saturated carbocycles. The molecule has 5 nitrogen and oxygen atoms in total. The molecular formula is C31H46N2O3. The lowest BCUT2D eigenvalue weighted by molar-refractivity contribution is -0.107. The van der Waals surface area contributed by atoms with Crippen LogP contribution in [0.2, 0.25) is 0 Å². The molecule has 1 aliphatic heterocycles. The van der Waals surface area contributed by atoms with Gasteiger partial charge in [0.1, 0.15) is 6.29 Å². The van der Waals surface area contributed by atoms with Gasteiger partial charge in [0, 0.05) is 30.8 Å². The van der Waals surface area contributed by atoms with Gasteiger partial charge in [0.2, 0.25) is 0 Å². The lowest BCUT2D eigenvalue weighted by Gasteiger charge is -2.42. The van der Waals surface area contributed by atoms with Crippen LogP contribution < -0.4 is 4.90 Å². The number of ketones is 1. The fourth-order valence-electron chi connectivity index (χ4n) is 5.07. The molecule has 0 N–H and O–H groups in total. The number of anilines is 1. The van der Waals surface area contributed by atoms with Gasteiger partial charge in [0.25, 0.3) is 0 Å². The highest BCUT2D eigenvalue weighted by molar-refractivity contribution is 6.03. The van der Waals surface area contributed by atoms with Gasteiger partial charge >= 0.3 is 0 Å². The van der Waals surface area contributed by atoms with Crippen molar-refractivity contribution in [2.24, 2.45) is 0 Å². The molecule has 2 aromatic rings. The Labute approximate surface area is 218 Å². The maximum atomic E-state index is 14.0. The number of aldehydes is 1. The Kier molecular flexibility index (Phi) is 13.4. The molecule has 5 heteroatoms. The quantitative estimate of drug-likeness (QED) is 0.188. The maximum absolute atomic E-state index is 14.0. The Morgan fingerprint density at radius 1 is 0.944 bits per heavy atom. The maximum Gasteiger partial charge on any atom is 0.183 e. The number of benzene rings is 2. The number of carbonyl (C=O) groups is 2. The molecule has 1 heterocycles. The summed E-state index contributed by atoms with van der Waals surface area (Å²) in [6, 6.07) is 18.7. The second kappa shape index (κ2) is 16.3. The van der Waals surface area contributed by atoms with E-state index >= 15 is 0 Å². The van der Waals surface area contributed by atoms with Crippen molar-refractivity contribution in [3.8, 4) is 0 Å². The third kappa shape index (κ3) is 8.28. The van der Waals surface area contributed by atoms with Crippen molar-refractivity contribution in [3.63, 3.8) is 0 Å². The molecule has 1 unspecified atom stereocenters. The molecular weight excluding hydrogens is 448 g/mol. The first-order chi connectivity index (χ1) is 17.6. The average Bonchev–Trinajstić information content (AvgIpc) is 2.93. The number of rotatable bonds is 13. The topological polar surface area (TPSA) is 49.9 Å². The predicted molar refractivity (Wildman–Crippen MR) is 150 cm³/mol. The van der Waals surface area contributed by atoms with Gasteiger partial charge in [-0.25, -0.2) is 0 Å². The summed E-state index contributed by atoms with van der Waals surface area (Å²) < 4.78 is 5.46. The SMILES string of the molecule is CCCC(Cc1ccccc1)(C(=O)c1ccc(N2CCOCC2)cc1)N(CC)CC.CCCCC=O. The van der Waals surface area contributed by atoms with Gasteiger partial charge in [-0.05, 0) is 62.2 Å². The number of morpholine rings is 1. The summed E-state index contributed by atoms with van der Waals surface area (Å²) in [6.07, 6.45) is 6.43. The van der Waals surface area contributed by atoms with Crippen LogP contribution >= 0.6 is 0 Å². The van der Waals surface area contributed by atoms with Gasteiger partial charge in [-0.3, -0.25) is 9.69 Å². The Hall–Kier alpha value is -2.50. The predicted octanol–water partition coefficient (Wildman–Crippen LogP) is 6.20. The first-order valence-corrected chi connectivity index (χ1v) is 13.8. The molecule has 0 spiro atoms. The van der Waals surface area contributed by atoms with Gasteiger partial charge in [-0.15, -0.1) is 0 Å². The second-order valence-electron chi connectivity index (χ2n) is 9.40. The van der Waals surface area contributed by atoms with Crippen molar-refractivity contribution in [2.75, 3.05) is 44.3 Å².